The maximum atomic E-state index is 11.8. The fourth-order valence-corrected chi connectivity index (χ4v) is 2.12. The molecule has 116 valence electrons. The average molecular weight is 310 g/mol. The van der Waals surface area contributed by atoms with E-state index in [4.69, 9.17) is 4.52 Å². The molecule has 23 heavy (non-hydrogen) atoms. The van der Waals surface area contributed by atoms with Gasteiger partial charge in [-0.05, 0) is 23.8 Å². The van der Waals surface area contributed by atoms with E-state index in [1.807, 2.05) is 30.3 Å². The molecule has 0 bridgehead atoms. The number of hydrogen-bond donors (Lipinski definition) is 2. The molecular weight excluding hydrogens is 296 g/mol. The molecular formula is C17H14N2O4. The molecule has 0 saturated carbocycles. The van der Waals surface area contributed by atoms with Gasteiger partial charge in [0.15, 0.2) is 17.7 Å². The summed E-state index contributed by atoms with van der Waals surface area (Å²) in [5.41, 5.74) is 1.32. The Labute approximate surface area is 132 Å². The monoisotopic (exact) mass is 310 g/mol. The minimum Gasteiger partial charge on any atom is -0.509 e. The molecule has 2 aromatic rings. The number of aromatic nitrogens is 2. The topological polar surface area (TPSA) is 96.5 Å². The van der Waals surface area contributed by atoms with Gasteiger partial charge in [0, 0.05) is 18.1 Å². The van der Waals surface area contributed by atoms with Gasteiger partial charge in [0.2, 0.25) is 0 Å². The summed E-state index contributed by atoms with van der Waals surface area (Å²) in [6, 6.07) is 9.75. The van der Waals surface area contributed by atoms with Gasteiger partial charge in [0.05, 0.1) is 0 Å². The lowest BCUT2D eigenvalue weighted by atomic mass is 9.99. The second kappa shape index (κ2) is 6.41. The van der Waals surface area contributed by atoms with E-state index < -0.39 is 11.9 Å². The quantitative estimate of drug-likeness (QED) is 0.896. The van der Waals surface area contributed by atoms with Crippen molar-refractivity contribution in [3.63, 3.8) is 0 Å². The molecule has 6 heteroatoms. The number of rotatable bonds is 4. The number of benzene rings is 1. The van der Waals surface area contributed by atoms with Crippen molar-refractivity contribution < 1.29 is 19.5 Å². The van der Waals surface area contributed by atoms with Gasteiger partial charge < -0.3 is 14.7 Å². The number of allylic oxidation sites excluding steroid dienone is 3. The van der Waals surface area contributed by atoms with E-state index in [9.17, 15) is 15.0 Å². The van der Waals surface area contributed by atoms with Crippen molar-refractivity contribution in [2.24, 2.45) is 0 Å². The van der Waals surface area contributed by atoms with Gasteiger partial charge in [0.1, 0.15) is 5.76 Å². The predicted octanol–water partition coefficient (Wildman–Crippen LogP) is 1.99. The molecule has 0 radical (unpaired) electrons. The molecule has 0 amide bonds. The van der Waals surface area contributed by atoms with Crippen LogP contribution in [0.2, 0.25) is 0 Å². The van der Waals surface area contributed by atoms with Gasteiger partial charge in [-0.3, -0.25) is 4.79 Å². The van der Waals surface area contributed by atoms with Crippen molar-refractivity contribution in [3.05, 3.63) is 77.2 Å². The van der Waals surface area contributed by atoms with Crippen LogP contribution in [0, 0.1) is 0 Å². The summed E-state index contributed by atoms with van der Waals surface area (Å²) in [4.78, 5) is 16.0. The Morgan fingerprint density at radius 1 is 1.17 bits per heavy atom. The highest BCUT2D eigenvalue weighted by molar-refractivity contribution is 6.04. The molecule has 0 fully saturated rings. The van der Waals surface area contributed by atoms with Gasteiger partial charge in [-0.2, -0.15) is 4.98 Å². The molecule has 0 aliphatic heterocycles. The standard InChI is InChI=1S/C17H14N2O4/c20-13-8-6-12(16(21)17(13)22)7-9-15-18-14(19-23-15)10-11-4-2-1-3-5-11/h1-9,17,20,22H,10H2/b9-7+. The molecule has 3 rings (SSSR count). The van der Waals surface area contributed by atoms with E-state index >= 15 is 0 Å². The number of aliphatic hydroxyl groups excluding tert-OH is 2. The van der Waals surface area contributed by atoms with Crippen LogP contribution in [0.3, 0.4) is 0 Å². The maximum Gasteiger partial charge on any atom is 0.250 e. The molecule has 1 aromatic carbocycles. The van der Waals surface area contributed by atoms with Crippen LogP contribution in [0.15, 0.2) is 64.4 Å². The lowest BCUT2D eigenvalue weighted by Crippen LogP contribution is -2.26. The van der Waals surface area contributed by atoms with Crippen LogP contribution >= 0.6 is 0 Å². The zero-order valence-corrected chi connectivity index (χ0v) is 12.1. The maximum absolute atomic E-state index is 11.8. The smallest absolute Gasteiger partial charge is 0.250 e. The first-order chi connectivity index (χ1) is 11.1. The number of carbonyl (C=O) groups is 1. The zero-order chi connectivity index (χ0) is 16.2. The number of nitrogens with zero attached hydrogens (tertiary/aromatic N) is 2. The van der Waals surface area contributed by atoms with Gasteiger partial charge >= 0.3 is 0 Å². The molecule has 1 aliphatic rings. The molecule has 1 unspecified atom stereocenters. The van der Waals surface area contributed by atoms with E-state index in [0.29, 0.717) is 12.2 Å². The molecule has 6 nitrogen and oxygen atoms in total. The van der Waals surface area contributed by atoms with Crippen LogP contribution in [-0.4, -0.2) is 32.2 Å². The Kier molecular flexibility index (Phi) is 4.16. The second-order valence-electron chi connectivity index (χ2n) is 5.02. The van der Waals surface area contributed by atoms with Crippen molar-refractivity contribution in [1.82, 2.24) is 10.1 Å². The highest BCUT2D eigenvalue weighted by Crippen LogP contribution is 2.16. The SMILES string of the molecule is O=C1C(/C=C/c2nc(Cc3ccccc3)no2)=CC=C(O)C1O. The number of Topliss-reactive ketones (excluding diaryl/α,β-unsaturated/α-hetero) is 1. The first kappa shape index (κ1) is 14.9. The van der Waals surface area contributed by atoms with Crippen LogP contribution in [0.4, 0.5) is 0 Å². The Balaban J connectivity index is 1.71. The molecule has 0 saturated heterocycles. The van der Waals surface area contributed by atoms with E-state index in [1.54, 1.807) is 0 Å². The summed E-state index contributed by atoms with van der Waals surface area (Å²) in [6.07, 6.45) is 4.69. The number of aliphatic hydroxyl groups is 2. The lowest BCUT2D eigenvalue weighted by molar-refractivity contribution is -0.122. The lowest BCUT2D eigenvalue weighted by Gasteiger charge is -2.12. The van der Waals surface area contributed by atoms with Gasteiger partial charge in [-0.25, -0.2) is 0 Å². The van der Waals surface area contributed by atoms with Gasteiger partial charge in [-0.1, -0.05) is 35.5 Å². The Bertz CT molecular complexity index is 803. The first-order valence-corrected chi connectivity index (χ1v) is 7.01. The summed E-state index contributed by atoms with van der Waals surface area (Å²) >= 11 is 0. The third kappa shape index (κ3) is 3.44. The minimum absolute atomic E-state index is 0.248. The van der Waals surface area contributed by atoms with Crippen LogP contribution in [-0.2, 0) is 11.2 Å². The van der Waals surface area contributed by atoms with E-state index in [0.717, 1.165) is 5.56 Å². The van der Waals surface area contributed by atoms with Gasteiger partial charge in [0.25, 0.3) is 5.89 Å². The molecule has 2 N–H and O–H groups in total. The van der Waals surface area contributed by atoms with Gasteiger partial charge in [-0.15, -0.1) is 0 Å². The van der Waals surface area contributed by atoms with Crippen molar-refractivity contribution in [1.29, 1.82) is 0 Å². The van der Waals surface area contributed by atoms with Crippen LogP contribution in [0.25, 0.3) is 6.08 Å². The van der Waals surface area contributed by atoms with Crippen LogP contribution in [0.5, 0.6) is 0 Å². The summed E-state index contributed by atoms with van der Waals surface area (Å²) in [5.74, 6) is -0.143. The molecule has 1 aromatic heterocycles. The van der Waals surface area contributed by atoms with Crippen LogP contribution in [0.1, 0.15) is 17.3 Å². The number of hydrogen-bond acceptors (Lipinski definition) is 6. The Morgan fingerprint density at radius 2 is 1.96 bits per heavy atom. The van der Waals surface area contributed by atoms with E-state index in [2.05, 4.69) is 10.1 Å². The predicted molar refractivity (Wildman–Crippen MR) is 82.4 cm³/mol. The van der Waals surface area contributed by atoms with Crippen molar-refractivity contribution in [2.45, 2.75) is 12.5 Å². The summed E-state index contributed by atoms with van der Waals surface area (Å²) in [7, 11) is 0. The summed E-state index contributed by atoms with van der Waals surface area (Å²) in [6.45, 7) is 0. The highest BCUT2D eigenvalue weighted by atomic mass is 16.5. The molecule has 1 atom stereocenters. The highest BCUT2D eigenvalue weighted by Gasteiger charge is 2.24. The van der Waals surface area contributed by atoms with E-state index in [-0.39, 0.29) is 17.2 Å². The summed E-state index contributed by atoms with van der Waals surface area (Å²) in [5, 5.41) is 22.6. The number of ketones is 1. The first-order valence-electron chi connectivity index (χ1n) is 7.01. The third-order valence-corrected chi connectivity index (χ3v) is 3.34. The van der Waals surface area contributed by atoms with Crippen molar-refractivity contribution >= 4 is 11.9 Å². The normalized spacial score (nSPS) is 18.1. The fourth-order valence-electron chi connectivity index (χ4n) is 2.12. The molecule has 1 aliphatic carbocycles. The Hall–Kier alpha value is -2.99. The average Bonchev–Trinajstić information content (AvgIpc) is 3.00. The van der Waals surface area contributed by atoms with Crippen molar-refractivity contribution in [2.75, 3.05) is 0 Å². The second-order valence-corrected chi connectivity index (χ2v) is 5.02. The fraction of sp³-hybridized carbons (Fsp3) is 0.118. The summed E-state index contributed by atoms with van der Waals surface area (Å²) < 4.78 is 5.10. The van der Waals surface area contributed by atoms with Crippen LogP contribution < -0.4 is 0 Å². The zero-order valence-electron chi connectivity index (χ0n) is 12.1. The largest absolute Gasteiger partial charge is 0.509 e. The molecule has 1 heterocycles. The van der Waals surface area contributed by atoms with Crippen molar-refractivity contribution in [3.8, 4) is 0 Å². The Morgan fingerprint density at radius 3 is 2.74 bits per heavy atom. The van der Waals surface area contributed by atoms with E-state index in [1.165, 1.54) is 24.3 Å². The minimum atomic E-state index is -1.52. The number of carbonyl (C=O) groups excluding carboxylic acids is 1. The molecule has 0 spiro atoms. The third-order valence-electron chi connectivity index (χ3n) is 3.34.